The summed E-state index contributed by atoms with van der Waals surface area (Å²) in [6, 6.07) is 12.7. The van der Waals surface area contributed by atoms with E-state index in [4.69, 9.17) is 16.7 Å². The monoisotopic (exact) mass is 331 g/mol. The molecule has 0 bridgehead atoms. The maximum Gasteiger partial charge on any atom is 0.259 e. The first-order chi connectivity index (χ1) is 11.0. The van der Waals surface area contributed by atoms with Crippen molar-refractivity contribution in [2.75, 3.05) is 6.54 Å². The fraction of sp³-hybridized carbons (Fsp3) is 0.0625. The number of hydrazone groups is 1. The van der Waals surface area contributed by atoms with Gasteiger partial charge in [-0.1, -0.05) is 17.7 Å². The molecule has 2 rings (SSSR count). The Bertz CT molecular complexity index is 730. The number of rotatable bonds is 5. The molecule has 2 aromatic rings. The number of aromatic hydroxyl groups is 1. The summed E-state index contributed by atoms with van der Waals surface area (Å²) in [6.45, 7) is -0.210. The van der Waals surface area contributed by atoms with E-state index in [1.807, 2.05) is 0 Å². The summed E-state index contributed by atoms with van der Waals surface area (Å²) in [5, 5.41) is 15.8. The molecule has 0 fully saturated rings. The van der Waals surface area contributed by atoms with Gasteiger partial charge in [-0.2, -0.15) is 5.10 Å². The first-order valence-corrected chi connectivity index (χ1v) is 7.07. The van der Waals surface area contributed by atoms with Gasteiger partial charge in [0.25, 0.3) is 11.8 Å². The van der Waals surface area contributed by atoms with Crippen LogP contribution < -0.4 is 10.7 Å². The van der Waals surface area contributed by atoms with Crippen LogP contribution in [0.15, 0.2) is 53.6 Å². The molecule has 2 aromatic carbocycles. The Kier molecular flexibility index (Phi) is 5.71. The molecule has 7 heteroatoms. The van der Waals surface area contributed by atoms with E-state index in [1.165, 1.54) is 24.4 Å². The quantitative estimate of drug-likeness (QED) is 0.577. The molecule has 0 saturated carbocycles. The SMILES string of the molecule is O=C(CNC(=O)c1cccc(Cl)c1)NN=Cc1ccc(O)cc1. The van der Waals surface area contributed by atoms with Gasteiger partial charge in [0.15, 0.2) is 0 Å². The number of benzene rings is 2. The second kappa shape index (κ2) is 7.95. The molecule has 0 aliphatic heterocycles. The van der Waals surface area contributed by atoms with Crippen molar-refractivity contribution in [2.45, 2.75) is 0 Å². The average Bonchev–Trinajstić information content (AvgIpc) is 2.54. The zero-order valence-corrected chi connectivity index (χ0v) is 12.7. The smallest absolute Gasteiger partial charge is 0.259 e. The van der Waals surface area contributed by atoms with E-state index in [0.29, 0.717) is 16.1 Å². The van der Waals surface area contributed by atoms with E-state index >= 15 is 0 Å². The number of carbonyl (C=O) groups excluding carboxylic acids is 2. The number of halogens is 1. The summed E-state index contributed by atoms with van der Waals surface area (Å²) in [6.07, 6.45) is 1.43. The van der Waals surface area contributed by atoms with Crippen molar-refractivity contribution in [1.29, 1.82) is 0 Å². The predicted octanol–water partition coefficient (Wildman–Crippen LogP) is 1.93. The van der Waals surface area contributed by atoms with E-state index in [-0.39, 0.29) is 12.3 Å². The van der Waals surface area contributed by atoms with Gasteiger partial charge in [0.05, 0.1) is 12.8 Å². The molecule has 6 nitrogen and oxygen atoms in total. The molecule has 118 valence electrons. The van der Waals surface area contributed by atoms with Crippen LogP contribution in [0.4, 0.5) is 0 Å². The molecular formula is C16H14ClN3O3. The van der Waals surface area contributed by atoms with E-state index in [0.717, 1.165) is 0 Å². The van der Waals surface area contributed by atoms with Crippen LogP contribution in [0.5, 0.6) is 5.75 Å². The Hall–Kier alpha value is -2.86. The van der Waals surface area contributed by atoms with Gasteiger partial charge in [-0.15, -0.1) is 0 Å². The summed E-state index contributed by atoms with van der Waals surface area (Å²) in [4.78, 5) is 23.4. The van der Waals surface area contributed by atoms with Gasteiger partial charge in [0.2, 0.25) is 0 Å². The first-order valence-electron chi connectivity index (χ1n) is 6.69. The molecule has 23 heavy (non-hydrogen) atoms. The molecular weight excluding hydrogens is 318 g/mol. The zero-order chi connectivity index (χ0) is 16.7. The molecule has 0 unspecified atom stereocenters. The molecule has 0 radical (unpaired) electrons. The zero-order valence-electron chi connectivity index (χ0n) is 12.0. The molecule has 3 N–H and O–H groups in total. The van der Waals surface area contributed by atoms with Crippen LogP contribution in [0.2, 0.25) is 5.02 Å². The van der Waals surface area contributed by atoms with Gasteiger partial charge in [0, 0.05) is 10.6 Å². The van der Waals surface area contributed by atoms with Crippen molar-refractivity contribution in [2.24, 2.45) is 5.10 Å². The van der Waals surface area contributed by atoms with Gasteiger partial charge in [0.1, 0.15) is 5.75 Å². The fourth-order valence-corrected chi connectivity index (χ4v) is 1.86. The topological polar surface area (TPSA) is 90.8 Å². The highest BCUT2D eigenvalue weighted by Gasteiger charge is 2.07. The van der Waals surface area contributed by atoms with E-state index < -0.39 is 11.8 Å². The highest BCUT2D eigenvalue weighted by molar-refractivity contribution is 6.30. The van der Waals surface area contributed by atoms with Crippen LogP contribution in [0.1, 0.15) is 15.9 Å². The summed E-state index contributed by atoms with van der Waals surface area (Å²) >= 11 is 5.79. The lowest BCUT2D eigenvalue weighted by Gasteiger charge is -2.04. The van der Waals surface area contributed by atoms with Gasteiger partial charge in [-0.25, -0.2) is 5.43 Å². The Balaban J connectivity index is 1.78. The number of phenolic OH excluding ortho intramolecular Hbond substituents is 1. The maximum atomic E-state index is 11.8. The summed E-state index contributed by atoms with van der Waals surface area (Å²) in [5.41, 5.74) is 3.38. The summed E-state index contributed by atoms with van der Waals surface area (Å²) < 4.78 is 0. The molecule has 2 amide bonds. The molecule has 0 aliphatic rings. The maximum absolute atomic E-state index is 11.8. The Labute approximate surface area is 137 Å². The van der Waals surface area contributed by atoms with Crippen LogP contribution in [0.3, 0.4) is 0 Å². The minimum atomic E-state index is -0.463. The normalized spacial score (nSPS) is 10.5. The molecule has 0 saturated heterocycles. The van der Waals surface area contributed by atoms with Crippen LogP contribution in [-0.4, -0.2) is 29.7 Å². The summed E-state index contributed by atoms with van der Waals surface area (Å²) in [7, 11) is 0. The van der Waals surface area contributed by atoms with Crippen molar-refractivity contribution in [1.82, 2.24) is 10.7 Å². The largest absolute Gasteiger partial charge is 0.508 e. The molecule has 0 atom stereocenters. The fourth-order valence-electron chi connectivity index (χ4n) is 1.67. The van der Waals surface area contributed by atoms with Gasteiger partial charge < -0.3 is 10.4 Å². The number of hydrogen-bond donors (Lipinski definition) is 3. The predicted molar refractivity (Wildman–Crippen MR) is 87.6 cm³/mol. The van der Waals surface area contributed by atoms with E-state index in [2.05, 4.69) is 15.8 Å². The number of phenols is 1. The Morgan fingerprint density at radius 1 is 1.17 bits per heavy atom. The van der Waals surface area contributed by atoms with Crippen molar-refractivity contribution in [3.8, 4) is 5.75 Å². The third-order valence-corrected chi connectivity index (χ3v) is 3.03. The summed E-state index contributed by atoms with van der Waals surface area (Å²) in [5.74, 6) is -0.713. The van der Waals surface area contributed by atoms with E-state index in [9.17, 15) is 9.59 Å². The van der Waals surface area contributed by atoms with Gasteiger partial charge >= 0.3 is 0 Å². The number of nitrogens with zero attached hydrogens (tertiary/aromatic N) is 1. The highest BCUT2D eigenvalue weighted by atomic mass is 35.5. The van der Waals surface area contributed by atoms with E-state index in [1.54, 1.807) is 30.3 Å². The molecule has 0 aliphatic carbocycles. The minimum absolute atomic E-state index is 0.148. The van der Waals surface area contributed by atoms with Crippen molar-refractivity contribution in [3.63, 3.8) is 0 Å². The second-order valence-electron chi connectivity index (χ2n) is 4.58. The average molecular weight is 332 g/mol. The third-order valence-electron chi connectivity index (χ3n) is 2.79. The lowest BCUT2D eigenvalue weighted by molar-refractivity contribution is -0.120. The minimum Gasteiger partial charge on any atom is -0.508 e. The van der Waals surface area contributed by atoms with Crippen LogP contribution >= 0.6 is 11.6 Å². The van der Waals surface area contributed by atoms with Crippen molar-refractivity contribution in [3.05, 3.63) is 64.7 Å². The number of nitrogens with one attached hydrogen (secondary N) is 2. The number of hydrogen-bond acceptors (Lipinski definition) is 4. The number of carbonyl (C=O) groups is 2. The van der Waals surface area contributed by atoms with Crippen molar-refractivity contribution < 1.29 is 14.7 Å². The third kappa shape index (κ3) is 5.44. The Morgan fingerprint density at radius 2 is 1.91 bits per heavy atom. The Morgan fingerprint density at radius 3 is 2.61 bits per heavy atom. The lowest BCUT2D eigenvalue weighted by atomic mass is 10.2. The lowest BCUT2D eigenvalue weighted by Crippen LogP contribution is -2.34. The molecule has 0 spiro atoms. The van der Waals surface area contributed by atoms with Crippen LogP contribution in [-0.2, 0) is 4.79 Å². The van der Waals surface area contributed by atoms with Crippen molar-refractivity contribution >= 4 is 29.6 Å². The van der Waals surface area contributed by atoms with Crippen LogP contribution in [0.25, 0.3) is 0 Å². The highest BCUT2D eigenvalue weighted by Crippen LogP contribution is 2.10. The van der Waals surface area contributed by atoms with Crippen LogP contribution in [0, 0.1) is 0 Å². The number of amides is 2. The standard InChI is InChI=1S/C16H14ClN3O3/c17-13-3-1-2-12(8-13)16(23)18-10-15(22)20-19-9-11-4-6-14(21)7-5-11/h1-9,21H,10H2,(H,18,23)(H,20,22). The molecule has 0 heterocycles. The van der Waals surface area contributed by atoms with Gasteiger partial charge in [-0.3, -0.25) is 9.59 Å². The first kappa shape index (κ1) is 16.5. The second-order valence-corrected chi connectivity index (χ2v) is 5.01. The van der Waals surface area contributed by atoms with Gasteiger partial charge in [-0.05, 0) is 48.0 Å². The molecule has 0 aromatic heterocycles.